The average molecular weight is 315 g/mol. The first-order valence-electron chi connectivity index (χ1n) is 5.24. The Balaban J connectivity index is 2.14. The van der Waals surface area contributed by atoms with E-state index in [0.717, 1.165) is 19.4 Å². The second-order valence-corrected chi connectivity index (χ2v) is 6.57. The minimum absolute atomic E-state index is 0.179. The molecule has 1 saturated heterocycles. The molecule has 1 atom stereocenters. The maximum atomic E-state index is 6.10. The number of hydrogen-bond donors (Lipinski definition) is 0. The summed E-state index contributed by atoms with van der Waals surface area (Å²) in [5, 5.41) is 4.25. The Bertz CT molecular complexity index is 469. The third kappa shape index (κ3) is 1.59. The second kappa shape index (κ2) is 4.26. The summed E-state index contributed by atoms with van der Waals surface area (Å²) in [4.78, 5) is 2.64. The van der Waals surface area contributed by atoms with Gasteiger partial charge in [0.05, 0.1) is 4.88 Å². The smallest absolute Gasteiger partial charge is 0.137 e. The van der Waals surface area contributed by atoms with Crippen LogP contribution in [0.3, 0.4) is 0 Å². The summed E-state index contributed by atoms with van der Waals surface area (Å²) in [6.45, 7) is 0.863. The zero-order valence-corrected chi connectivity index (χ0v) is 11.8. The zero-order chi connectivity index (χ0) is 11.0. The monoisotopic (exact) mass is 314 g/mol. The SMILES string of the molecule is Brc1ccsc1C1(c2cccs2)CCCO1. The van der Waals surface area contributed by atoms with Crippen LogP contribution < -0.4 is 0 Å². The van der Waals surface area contributed by atoms with E-state index in [1.54, 1.807) is 22.7 Å². The highest BCUT2D eigenvalue weighted by Gasteiger charge is 2.42. The average Bonchev–Trinajstić information content (AvgIpc) is 2.97. The molecule has 1 nitrogen and oxygen atoms in total. The van der Waals surface area contributed by atoms with E-state index in [4.69, 9.17) is 4.74 Å². The van der Waals surface area contributed by atoms with E-state index in [-0.39, 0.29) is 5.60 Å². The summed E-state index contributed by atoms with van der Waals surface area (Å²) in [5.41, 5.74) is -0.179. The Hall–Kier alpha value is -0.160. The lowest BCUT2D eigenvalue weighted by molar-refractivity contribution is 0.0415. The molecule has 0 amide bonds. The highest BCUT2D eigenvalue weighted by atomic mass is 79.9. The Kier molecular flexibility index (Phi) is 2.92. The minimum Gasteiger partial charge on any atom is -0.364 e. The molecule has 0 N–H and O–H groups in total. The van der Waals surface area contributed by atoms with Crippen LogP contribution in [0.25, 0.3) is 0 Å². The van der Waals surface area contributed by atoms with Crippen LogP contribution in [0.2, 0.25) is 0 Å². The standard InChI is InChI=1S/C12H11BrOS2/c13-9-4-8-16-11(9)12(5-2-6-14-12)10-3-1-7-15-10/h1,3-4,7-8H,2,5-6H2. The van der Waals surface area contributed by atoms with Crippen molar-refractivity contribution in [3.63, 3.8) is 0 Å². The van der Waals surface area contributed by atoms with Crippen molar-refractivity contribution >= 4 is 38.6 Å². The van der Waals surface area contributed by atoms with Crippen LogP contribution in [0.4, 0.5) is 0 Å². The van der Waals surface area contributed by atoms with E-state index in [1.165, 1.54) is 14.2 Å². The summed E-state index contributed by atoms with van der Waals surface area (Å²) in [5.74, 6) is 0. The molecule has 0 bridgehead atoms. The summed E-state index contributed by atoms with van der Waals surface area (Å²) < 4.78 is 7.27. The molecule has 0 spiro atoms. The molecular weight excluding hydrogens is 304 g/mol. The molecule has 3 heterocycles. The highest BCUT2D eigenvalue weighted by Crippen LogP contribution is 2.48. The Morgan fingerprint density at radius 3 is 2.75 bits per heavy atom. The normalized spacial score (nSPS) is 25.1. The van der Waals surface area contributed by atoms with Crippen molar-refractivity contribution < 1.29 is 4.74 Å². The largest absolute Gasteiger partial charge is 0.364 e. The van der Waals surface area contributed by atoms with E-state index < -0.39 is 0 Å². The zero-order valence-electron chi connectivity index (χ0n) is 8.61. The van der Waals surface area contributed by atoms with Crippen LogP contribution in [0.1, 0.15) is 22.6 Å². The molecule has 84 valence electrons. The number of hydrogen-bond acceptors (Lipinski definition) is 3. The molecule has 0 aliphatic carbocycles. The molecule has 3 rings (SSSR count). The molecule has 1 unspecified atom stereocenters. The summed E-state index contributed by atoms with van der Waals surface area (Å²) in [6, 6.07) is 6.39. The Morgan fingerprint density at radius 2 is 2.19 bits per heavy atom. The third-order valence-corrected chi connectivity index (χ3v) is 5.92. The van der Waals surface area contributed by atoms with Crippen LogP contribution in [0.5, 0.6) is 0 Å². The molecule has 1 aliphatic rings. The predicted molar refractivity (Wildman–Crippen MR) is 72.3 cm³/mol. The Labute approximate surface area is 111 Å². The molecule has 4 heteroatoms. The lowest BCUT2D eigenvalue weighted by atomic mass is 9.96. The lowest BCUT2D eigenvalue weighted by Gasteiger charge is -2.26. The van der Waals surface area contributed by atoms with Crippen molar-refractivity contribution in [2.75, 3.05) is 6.61 Å². The molecule has 0 aromatic carbocycles. The van der Waals surface area contributed by atoms with Crippen LogP contribution in [0.15, 0.2) is 33.4 Å². The number of thiophene rings is 2. The molecular formula is C12H11BrOS2. The predicted octanol–water partition coefficient (Wildman–Crippen LogP) is 4.63. The van der Waals surface area contributed by atoms with Gasteiger partial charge in [0.2, 0.25) is 0 Å². The quantitative estimate of drug-likeness (QED) is 0.785. The van der Waals surface area contributed by atoms with Gasteiger partial charge in [-0.05, 0) is 51.7 Å². The van der Waals surface area contributed by atoms with Crippen molar-refractivity contribution in [3.8, 4) is 0 Å². The van der Waals surface area contributed by atoms with E-state index in [9.17, 15) is 0 Å². The van der Waals surface area contributed by atoms with Crippen LogP contribution in [-0.4, -0.2) is 6.61 Å². The highest BCUT2D eigenvalue weighted by molar-refractivity contribution is 9.10. The van der Waals surface area contributed by atoms with Gasteiger partial charge in [0, 0.05) is 16.0 Å². The Morgan fingerprint density at radius 1 is 1.25 bits per heavy atom. The molecule has 2 aromatic rings. The number of halogens is 1. The first kappa shape index (κ1) is 11.0. The maximum absolute atomic E-state index is 6.10. The van der Waals surface area contributed by atoms with Gasteiger partial charge in [0.1, 0.15) is 5.60 Å². The van der Waals surface area contributed by atoms with Crippen molar-refractivity contribution in [3.05, 3.63) is 43.2 Å². The van der Waals surface area contributed by atoms with Crippen LogP contribution >= 0.6 is 38.6 Å². The van der Waals surface area contributed by atoms with E-state index in [2.05, 4.69) is 44.9 Å². The first-order chi connectivity index (χ1) is 7.83. The van der Waals surface area contributed by atoms with Gasteiger partial charge < -0.3 is 4.74 Å². The van der Waals surface area contributed by atoms with Gasteiger partial charge in [-0.15, -0.1) is 22.7 Å². The van der Waals surface area contributed by atoms with Gasteiger partial charge in [0.25, 0.3) is 0 Å². The maximum Gasteiger partial charge on any atom is 0.137 e. The fourth-order valence-corrected chi connectivity index (χ4v) is 5.08. The third-order valence-electron chi connectivity index (χ3n) is 2.92. The first-order valence-corrected chi connectivity index (χ1v) is 7.79. The van der Waals surface area contributed by atoms with E-state index in [1.807, 2.05) is 0 Å². The molecule has 0 saturated carbocycles. The minimum atomic E-state index is -0.179. The second-order valence-electron chi connectivity index (χ2n) is 3.85. The molecule has 1 fully saturated rings. The lowest BCUT2D eigenvalue weighted by Crippen LogP contribution is -2.24. The summed E-state index contributed by atoms with van der Waals surface area (Å²) in [7, 11) is 0. The van der Waals surface area contributed by atoms with Gasteiger partial charge in [-0.3, -0.25) is 0 Å². The van der Waals surface area contributed by atoms with Crippen LogP contribution in [-0.2, 0) is 10.3 Å². The summed E-state index contributed by atoms with van der Waals surface area (Å²) in [6.07, 6.45) is 2.23. The van der Waals surface area contributed by atoms with Gasteiger partial charge in [-0.2, -0.15) is 0 Å². The molecule has 1 aliphatic heterocycles. The van der Waals surface area contributed by atoms with Gasteiger partial charge in [-0.1, -0.05) is 6.07 Å². The van der Waals surface area contributed by atoms with E-state index >= 15 is 0 Å². The van der Waals surface area contributed by atoms with Gasteiger partial charge in [0.15, 0.2) is 0 Å². The van der Waals surface area contributed by atoms with Crippen molar-refractivity contribution in [2.45, 2.75) is 18.4 Å². The summed E-state index contributed by atoms with van der Waals surface area (Å²) >= 11 is 7.20. The fourth-order valence-electron chi connectivity index (χ4n) is 2.22. The van der Waals surface area contributed by atoms with Crippen molar-refractivity contribution in [2.24, 2.45) is 0 Å². The molecule has 2 aromatic heterocycles. The van der Waals surface area contributed by atoms with Crippen molar-refractivity contribution in [1.82, 2.24) is 0 Å². The van der Waals surface area contributed by atoms with Gasteiger partial charge >= 0.3 is 0 Å². The van der Waals surface area contributed by atoms with Gasteiger partial charge in [-0.25, -0.2) is 0 Å². The molecule has 16 heavy (non-hydrogen) atoms. The molecule has 0 radical (unpaired) electrons. The van der Waals surface area contributed by atoms with E-state index in [0.29, 0.717) is 0 Å². The fraction of sp³-hybridized carbons (Fsp3) is 0.333. The van der Waals surface area contributed by atoms with Crippen LogP contribution in [0, 0.1) is 0 Å². The topological polar surface area (TPSA) is 9.23 Å². The number of rotatable bonds is 2. The number of ether oxygens (including phenoxy) is 1. The van der Waals surface area contributed by atoms with Crippen molar-refractivity contribution in [1.29, 1.82) is 0 Å².